The van der Waals surface area contributed by atoms with E-state index in [0.717, 1.165) is 56.9 Å². The molecule has 8 heteroatoms. The zero-order valence-corrected chi connectivity index (χ0v) is 20.4. The summed E-state index contributed by atoms with van der Waals surface area (Å²) in [6, 6.07) is 17.2. The van der Waals surface area contributed by atoms with E-state index in [9.17, 15) is 10.1 Å². The predicted octanol–water partition coefficient (Wildman–Crippen LogP) is 2.34. The summed E-state index contributed by atoms with van der Waals surface area (Å²) in [5.74, 6) is 0. The Morgan fingerprint density at radius 2 is 1.83 bits per heavy atom. The summed E-state index contributed by atoms with van der Waals surface area (Å²) in [6.45, 7) is 8.79. The number of morpholine rings is 2. The molecule has 0 amide bonds. The summed E-state index contributed by atoms with van der Waals surface area (Å²) in [5, 5.41) is 14.0. The maximum Gasteiger partial charge on any atom is 0.248 e. The van der Waals surface area contributed by atoms with Gasteiger partial charge in [0.2, 0.25) is 5.56 Å². The lowest BCUT2D eigenvalue weighted by atomic mass is 9.99. The molecule has 3 saturated heterocycles. The Kier molecular flexibility index (Phi) is 5.07. The summed E-state index contributed by atoms with van der Waals surface area (Å²) < 4.78 is 6.11. The number of piperazine rings is 1. The number of nitrogens with one attached hydrogen (secondary N) is 2. The molecule has 4 aliphatic rings. The molecule has 8 nitrogen and oxygen atoms in total. The Bertz CT molecular complexity index is 1430. The maximum atomic E-state index is 12.0. The van der Waals surface area contributed by atoms with Crippen LogP contribution in [0.25, 0.3) is 10.9 Å². The van der Waals surface area contributed by atoms with Gasteiger partial charge in [-0.2, -0.15) is 5.26 Å². The first-order chi connectivity index (χ1) is 17.6. The van der Waals surface area contributed by atoms with Gasteiger partial charge in [0.1, 0.15) is 6.07 Å². The smallest absolute Gasteiger partial charge is 0.248 e. The normalized spacial score (nSPS) is 27.6. The molecule has 5 heterocycles. The summed E-state index contributed by atoms with van der Waals surface area (Å²) in [4.78, 5) is 22.4. The molecule has 4 aliphatic heterocycles. The molecule has 0 aliphatic carbocycles. The van der Waals surface area contributed by atoms with Crippen molar-refractivity contribution in [2.24, 2.45) is 0 Å². The van der Waals surface area contributed by atoms with Crippen LogP contribution in [0, 0.1) is 11.3 Å². The number of anilines is 2. The van der Waals surface area contributed by atoms with E-state index in [4.69, 9.17) is 4.74 Å². The number of hydrogen-bond donors (Lipinski definition) is 2. The van der Waals surface area contributed by atoms with Crippen molar-refractivity contribution in [2.45, 2.75) is 37.8 Å². The summed E-state index contributed by atoms with van der Waals surface area (Å²) >= 11 is 0. The van der Waals surface area contributed by atoms with Gasteiger partial charge in [-0.25, -0.2) is 0 Å². The highest BCUT2D eigenvalue weighted by Crippen LogP contribution is 2.42. The van der Waals surface area contributed by atoms with E-state index in [1.165, 1.54) is 16.8 Å². The number of fused-ring (bicyclic) bond motifs is 6. The fraction of sp³-hybridized carbons (Fsp3) is 0.429. The van der Waals surface area contributed by atoms with E-state index in [-0.39, 0.29) is 17.8 Å². The van der Waals surface area contributed by atoms with Crippen LogP contribution >= 0.6 is 0 Å². The number of hydrogen-bond acceptors (Lipinski definition) is 7. The summed E-state index contributed by atoms with van der Waals surface area (Å²) in [7, 11) is 0. The van der Waals surface area contributed by atoms with Gasteiger partial charge in [-0.3, -0.25) is 9.69 Å². The molecule has 3 aromatic rings. The van der Waals surface area contributed by atoms with Crippen LogP contribution in [0.1, 0.15) is 29.7 Å². The van der Waals surface area contributed by atoms with Crippen molar-refractivity contribution in [3.05, 3.63) is 69.5 Å². The van der Waals surface area contributed by atoms with Gasteiger partial charge in [0.25, 0.3) is 0 Å². The molecule has 0 saturated carbocycles. The van der Waals surface area contributed by atoms with E-state index < -0.39 is 0 Å². The minimum Gasteiger partial charge on any atom is -0.369 e. The highest BCUT2D eigenvalue weighted by Gasteiger charge is 2.40. The molecule has 184 valence electrons. The fourth-order valence-electron chi connectivity index (χ4n) is 6.68. The molecule has 2 N–H and O–H groups in total. The maximum absolute atomic E-state index is 12.0. The first-order valence-electron chi connectivity index (χ1n) is 12.9. The number of aromatic nitrogens is 1. The van der Waals surface area contributed by atoms with Gasteiger partial charge >= 0.3 is 0 Å². The third-order valence-electron chi connectivity index (χ3n) is 8.36. The topological polar surface area (TPSA) is 87.6 Å². The largest absolute Gasteiger partial charge is 0.369 e. The van der Waals surface area contributed by atoms with Crippen LogP contribution in [0.5, 0.6) is 0 Å². The van der Waals surface area contributed by atoms with Crippen LogP contribution in [0.2, 0.25) is 0 Å². The van der Waals surface area contributed by atoms with Crippen LogP contribution in [-0.2, 0) is 11.3 Å². The molecular weight excluding hydrogens is 452 g/mol. The highest BCUT2D eigenvalue weighted by atomic mass is 16.5. The van der Waals surface area contributed by atoms with E-state index in [1.54, 1.807) is 6.07 Å². The Morgan fingerprint density at radius 1 is 1.00 bits per heavy atom. The average molecular weight is 483 g/mol. The summed E-state index contributed by atoms with van der Waals surface area (Å²) in [6.07, 6.45) is 0.533. The second-order valence-electron chi connectivity index (χ2n) is 10.6. The van der Waals surface area contributed by atoms with Crippen molar-refractivity contribution in [1.29, 1.82) is 5.26 Å². The van der Waals surface area contributed by atoms with Gasteiger partial charge < -0.3 is 24.8 Å². The van der Waals surface area contributed by atoms with Gasteiger partial charge in [0.05, 0.1) is 29.3 Å². The minimum absolute atomic E-state index is 0.185. The second kappa shape index (κ2) is 8.34. The monoisotopic (exact) mass is 482 g/mol. The number of nitriles is 1. The number of rotatable bonds is 2. The molecule has 3 fully saturated rings. The van der Waals surface area contributed by atoms with Crippen molar-refractivity contribution in [3.8, 4) is 6.07 Å². The van der Waals surface area contributed by atoms with Crippen LogP contribution in [0.4, 0.5) is 11.4 Å². The Labute approximate surface area is 210 Å². The van der Waals surface area contributed by atoms with Crippen molar-refractivity contribution in [1.82, 2.24) is 15.2 Å². The molecule has 4 unspecified atom stereocenters. The zero-order valence-electron chi connectivity index (χ0n) is 20.4. The highest BCUT2D eigenvalue weighted by molar-refractivity contribution is 5.95. The minimum atomic E-state index is -0.185. The number of benzene rings is 2. The Morgan fingerprint density at radius 3 is 2.64 bits per heavy atom. The van der Waals surface area contributed by atoms with Crippen LogP contribution < -0.4 is 20.7 Å². The number of aromatic amines is 1. The molecule has 7 rings (SSSR count). The molecule has 2 bridgehead atoms. The first-order valence-corrected chi connectivity index (χ1v) is 12.9. The van der Waals surface area contributed by atoms with Crippen LogP contribution in [0.15, 0.2) is 47.3 Å². The van der Waals surface area contributed by atoms with Crippen molar-refractivity contribution in [2.75, 3.05) is 49.1 Å². The molecule has 0 radical (unpaired) electrons. The zero-order chi connectivity index (χ0) is 24.4. The lowest BCUT2D eigenvalue weighted by Gasteiger charge is -2.44. The van der Waals surface area contributed by atoms with Gasteiger partial charge in [-0.05, 0) is 48.4 Å². The number of pyridine rings is 1. The van der Waals surface area contributed by atoms with Gasteiger partial charge in [-0.15, -0.1) is 0 Å². The third-order valence-corrected chi connectivity index (χ3v) is 8.36. The second-order valence-corrected chi connectivity index (χ2v) is 10.6. The SMILES string of the molecule is CC1CN(c2ccc(C#N)c3[nH]c(=O)ccc23)CC2c3ccc(N4CC5CNCC(C4)O5)cc3CN12. The number of H-pyrrole nitrogens is 1. The average Bonchev–Trinajstić information content (AvgIpc) is 3.26. The molecule has 4 atom stereocenters. The predicted molar refractivity (Wildman–Crippen MR) is 139 cm³/mol. The van der Waals surface area contributed by atoms with E-state index in [2.05, 4.69) is 56.2 Å². The summed E-state index contributed by atoms with van der Waals surface area (Å²) in [5.41, 5.74) is 6.16. The molecule has 0 spiro atoms. The third kappa shape index (κ3) is 3.50. The molecular formula is C28H30N6O2. The molecule has 36 heavy (non-hydrogen) atoms. The van der Waals surface area contributed by atoms with Crippen molar-refractivity contribution in [3.63, 3.8) is 0 Å². The Balaban J connectivity index is 1.19. The number of ether oxygens (including phenoxy) is 1. The lowest BCUT2D eigenvalue weighted by molar-refractivity contribution is -0.0483. The quantitative estimate of drug-likeness (QED) is 0.580. The lowest BCUT2D eigenvalue weighted by Crippen LogP contribution is -2.58. The fourth-order valence-corrected chi connectivity index (χ4v) is 6.68. The van der Waals surface area contributed by atoms with Gasteiger partial charge in [0, 0.05) is 74.7 Å². The molecule has 1 aromatic heterocycles. The van der Waals surface area contributed by atoms with Crippen LogP contribution in [-0.4, -0.2) is 67.4 Å². The molecule has 2 aromatic carbocycles. The standard InChI is InChI=1S/C28H30N6O2/c1-17-12-33(25-6-2-18(9-29)28-24(25)5-7-27(35)31-28)16-26-23-4-3-20(8-19(23)13-34(17)26)32-14-21-10-30-11-22(15-32)36-21/h2-8,17,21-22,26,30H,10-16H2,1H3,(H,31,35). The van der Waals surface area contributed by atoms with Gasteiger partial charge in [-0.1, -0.05) is 6.07 Å². The van der Waals surface area contributed by atoms with Crippen molar-refractivity contribution >= 4 is 22.3 Å². The van der Waals surface area contributed by atoms with Crippen molar-refractivity contribution < 1.29 is 4.74 Å². The van der Waals surface area contributed by atoms with E-state index >= 15 is 0 Å². The van der Waals surface area contributed by atoms with Crippen LogP contribution in [0.3, 0.4) is 0 Å². The van der Waals surface area contributed by atoms with E-state index in [0.29, 0.717) is 23.2 Å². The first kappa shape index (κ1) is 21.9. The van der Waals surface area contributed by atoms with E-state index in [1.807, 2.05) is 18.2 Å². The number of nitrogens with zero attached hydrogens (tertiary/aromatic N) is 4. The van der Waals surface area contributed by atoms with Gasteiger partial charge in [0.15, 0.2) is 0 Å². The Hall–Kier alpha value is -3.38.